The van der Waals surface area contributed by atoms with Crippen LogP contribution in [-0.2, 0) is 4.74 Å². The van der Waals surface area contributed by atoms with Crippen LogP contribution in [0.2, 0.25) is 0 Å². The van der Waals surface area contributed by atoms with Gasteiger partial charge in [0.25, 0.3) is 5.91 Å². The van der Waals surface area contributed by atoms with E-state index in [2.05, 4.69) is 4.98 Å². The molecule has 0 unspecified atom stereocenters. The molecule has 0 saturated carbocycles. The average Bonchev–Trinajstić information content (AvgIpc) is 2.34. The summed E-state index contributed by atoms with van der Waals surface area (Å²) in [7, 11) is 1.61. The highest BCUT2D eigenvalue weighted by atomic mass is 16.5. The van der Waals surface area contributed by atoms with Crippen LogP contribution in [0.15, 0.2) is 18.3 Å². The van der Waals surface area contributed by atoms with Gasteiger partial charge < -0.3 is 15.4 Å². The summed E-state index contributed by atoms with van der Waals surface area (Å²) >= 11 is 0. The highest BCUT2D eigenvalue weighted by Crippen LogP contribution is 2.07. The van der Waals surface area contributed by atoms with Gasteiger partial charge >= 0.3 is 0 Å². The summed E-state index contributed by atoms with van der Waals surface area (Å²) in [4.78, 5) is 18.0. The molecule has 1 rings (SSSR count). The van der Waals surface area contributed by atoms with Crippen LogP contribution in [0.3, 0.4) is 0 Å². The second-order valence-electron chi connectivity index (χ2n) is 3.74. The van der Waals surface area contributed by atoms with E-state index in [1.807, 2.05) is 19.1 Å². The molecule has 2 N–H and O–H groups in total. The number of nitrogens with two attached hydrogens (primary N) is 1. The first-order chi connectivity index (χ1) is 8.20. The zero-order valence-corrected chi connectivity index (χ0v) is 10.3. The van der Waals surface area contributed by atoms with E-state index >= 15 is 0 Å². The summed E-state index contributed by atoms with van der Waals surface area (Å²) in [5.74, 6) is -0.0920. The van der Waals surface area contributed by atoms with Crippen molar-refractivity contribution < 1.29 is 9.53 Å². The minimum Gasteiger partial charge on any atom is -0.383 e. The maximum absolute atomic E-state index is 12.2. The van der Waals surface area contributed by atoms with Crippen molar-refractivity contribution in [2.75, 3.05) is 33.4 Å². The third-order valence-electron chi connectivity index (χ3n) is 2.46. The van der Waals surface area contributed by atoms with Crippen LogP contribution in [0.1, 0.15) is 16.1 Å². The molecule has 0 fully saturated rings. The molecule has 0 atom stereocenters. The molecule has 1 aromatic heterocycles. The quantitative estimate of drug-likeness (QED) is 0.779. The first kappa shape index (κ1) is 13.6. The molecule has 5 heteroatoms. The van der Waals surface area contributed by atoms with Crippen LogP contribution in [0.5, 0.6) is 0 Å². The van der Waals surface area contributed by atoms with E-state index < -0.39 is 0 Å². The second kappa shape index (κ2) is 6.98. The molecule has 17 heavy (non-hydrogen) atoms. The number of hydrogen-bond donors (Lipinski definition) is 1. The van der Waals surface area contributed by atoms with Gasteiger partial charge in [-0.3, -0.25) is 9.78 Å². The first-order valence-electron chi connectivity index (χ1n) is 5.60. The minimum atomic E-state index is -0.0920. The number of pyridine rings is 1. The van der Waals surface area contributed by atoms with Crippen LogP contribution < -0.4 is 5.73 Å². The molecule has 0 aliphatic heterocycles. The number of hydrogen-bond acceptors (Lipinski definition) is 4. The Kier molecular flexibility index (Phi) is 5.59. The van der Waals surface area contributed by atoms with Crippen molar-refractivity contribution in [3.63, 3.8) is 0 Å². The first-order valence-corrected chi connectivity index (χ1v) is 5.60. The topological polar surface area (TPSA) is 68.5 Å². The highest BCUT2D eigenvalue weighted by molar-refractivity contribution is 5.93. The van der Waals surface area contributed by atoms with Crippen molar-refractivity contribution in [3.05, 3.63) is 29.6 Å². The maximum atomic E-state index is 12.2. The molecule has 1 heterocycles. The Morgan fingerprint density at radius 1 is 1.53 bits per heavy atom. The van der Waals surface area contributed by atoms with Gasteiger partial charge in [-0.05, 0) is 18.6 Å². The van der Waals surface area contributed by atoms with Gasteiger partial charge in [0.05, 0.1) is 6.61 Å². The molecule has 0 aliphatic carbocycles. The van der Waals surface area contributed by atoms with Gasteiger partial charge in [0.15, 0.2) is 0 Å². The van der Waals surface area contributed by atoms with E-state index in [-0.39, 0.29) is 5.91 Å². The van der Waals surface area contributed by atoms with Gasteiger partial charge in [-0.2, -0.15) is 0 Å². The third kappa shape index (κ3) is 3.80. The lowest BCUT2D eigenvalue weighted by atomic mass is 10.2. The summed E-state index contributed by atoms with van der Waals surface area (Å²) in [6.07, 6.45) is 1.62. The maximum Gasteiger partial charge on any atom is 0.272 e. The molecule has 94 valence electrons. The fraction of sp³-hybridized carbons (Fsp3) is 0.500. The molecule has 1 amide bonds. The zero-order chi connectivity index (χ0) is 12.7. The van der Waals surface area contributed by atoms with Crippen LogP contribution in [0.4, 0.5) is 0 Å². The molecule has 0 saturated heterocycles. The molecular weight excluding hydrogens is 218 g/mol. The normalized spacial score (nSPS) is 10.3. The average molecular weight is 237 g/mol. The Morgan fingerprint density at radius 3 is 2.88 bits per heavy atom. The summed E-state index contributed by atoms with van der Waals surface area (Å²) in [5, 5.41) is 0. The highest BCUT2D eigenvalue weighted by Gasteiger charge is 2.17. The summed E-state index contributed by atoms with van der Waals surface area (Å²) in [5.41, 5.74) is 6.86. The summed E-state index contributed by atoms with van der Waals surface area (Å²) < 4.78 is 4.98. The van der Waals surface area contributed by atoms with E-state index in [1.54, 1.807) is 18.2 Å². The lowest BCUT2D eigenvalue weighted by Gasteiger charge is -2.21. The Hall–Kier alpha value is -1.46. The lowest BCUT2D eigenvalue weighted by Crippen LogP contribution is -2.38. The van der Waals surface area contributed by atoms with E-state index in [4.69, 9.17) is 10.5 Å². The van der Waals surface area contributed by atoms with Gasteiger partial charge in [-0.1, -0.05) is 6.07 Å². The van der Waals surface area contributed by atoms with Gasteiger partial charge in [0.1, 0.15) is 5.69 Å². The predicted octanol–water partition coefficient (Wildman–Crippen LogP) is 0.437. The number of methoxy groups -OCH3 is 1. The molecular formula is C12H19N3O2. The van der Waals surface area contributed by atoms with E-state index in [0.29, 0.717) is 31.9 Å². The van der Waals surface area contributed by atoms with E-state index in [9.17, 15) is 4.79 Å². The standard InChI is InChI=1S/C12H19N3O2/c1-10-4-3-6-14-11(10)12(16)15(7-5-13)8-9-17-2/h3-4,6H,5,7-9,13H2,1-2H3. The van der Waals surface area contributed by atoms with Crippen molar-refractivity contribution in [1.29, 1.82) is 0 Å². The van der Waals surface area contributed by atoms with Crippen molar-refractivity contribution >= 4 is 5.91 Å². The van der Waals surface area contributed by atoms with Crippen molar-refractivity contribution in [1.82, 2.24) is 9.88 Å². The Bertz CT molecular complexity index is 369. The molecule has 0 aliphatic rings. The zero-order valence-electron chi connectivity index (χ0n) is 10.3. The number of nitrogens with zero attached hydrogens (tertiary/aromatic N) is 2. The lowest BCUT2D eigenvalue weighted by molar-refractivity contribution is 0.0695. The Balaban J connectivity index is 2.80. The van der Waals surface area contributed by atoms with Gasteiger partial charge in [-0.15, -0.1) is 0 Å². The molecule has 0 spiro atoms. The number of carbonyl (C=O) groups excluding carboxylic acids is 1. The monoisotopic (exact) mass is 237 g/mol. The largest absolute Gasteiger partial charge is 0.383 e. The van der Waals surface area contributed by atoms with Crippen LogP contribution in [-0.4, -0.2) is 49.1 Å². The van der Waals surface area contributed by atoms with Crippen LogP contribution in [0.25, 0.3) is 0 Å². The number of ether oxygens (including phenoxy) is 1. The summed E-state index contributed by atoms with van der Waals surface area (Å²) in [6.45, 7) is 3.84. The van der Waals surface area contributed by atoms with Gasteiger partial charge in [0.2, 0.25) is 0 Å². The number of carbonyl (C=O) groups is 1. The molecule has 1 aromatic rings. The predicted molar refractivity (Wildman–Crippen MR) is 65.8 cm³/mol. The fourth-order valence-electron chi connectivity index (χ4n) is 1.53. The van der Waals surface area contributed by atoms with E-state index in [1.165, 1.54) is 0 Å². The fourth-order valence-corrected chi connectivity index (χ4v) is 1.53. The van der Waals surface area contributed by atoms with Gasteiger partial charge in [-0.25, -0.2) is 0 Å². The minimum absolute atomic E-state index is 0.0920. The van der Waals surface area contributed by atoms with Gasteiger partial charge in [0, 0.05) is 32.9 Å². The SMILES string of the molecule is COCCN(CCN)C(=O)c1ncccc1C. The number of aryl methyl sites for hydroxylation is 1. The summed E-state index contributed by atoms with van der Waals surface area (Å²) in [6, 6.07) is 3.69. The smallest absolute Gasteiger partial charge is 0.272 e. The van der Waals surface area contributed by atoms with E-state index in [0.717, 1.165) is 5.56 Å². The number of aromatic nitrogens is 1. The van der Waals surface area contributed by atoms with Crippen molar-refractivity contribution in [2.24, 2.45) is 5.73 Å². The molecule has 0 radical (unpaired) electrons. The number of amides is 1. The molecule has 0 bridgehead atoms. The molecule has 5 nitrogen and oxygen atoms in total. The van der Waals surface area contributed by atoms with Crippen molar-refractivity contribution in [3.8, 4) is 0 Å². The number of rotatable bonds is 6. The van der Waals surface area contributed by atoms with Crippen LogP contribution >= 0.6 is 0 Å². The molecule has 0 aromatic carbocycles. The Morgan fingerprint density at radius 2 is 2.29 bits per heavy atom. The second-order valence-corrected chi connectivity index (χ2v) is 3.74. The third-order valence-corrected chi connectivity index (χ3v) is 2.46. The van der Waals surface area contributed by atoms with Crippen molar-refractivity contribution in [2.45, 2.75) is 6.92 Å². The van der Waals surface area contributed by atoms with Crippen LogP contribution in [0, 0.1) is 6.92 Å². The Labute approximate surface area is 102 Å².